The molecule has 0 aromatic rings. The van der Waals surface area contributed by atoms with Crippen molar-refractivity contribution >= 4 is 0 Å². The van der Waals surface area contributed by atoms with Gasteiger partial charge in [0.2, 0.25) is 0 Å². The van der Waals surface area contributed by atoms with Gasteiger partial charge in [-0.3, -0.25) is 0 Å². The van der Waals surface area contributed by atoms with Gasteiger partial charge in [-0.15, -0.1) is 0 Å². The van der Waals surface area contributed by atoms with E-state index in [4.69, 9.17) is 5.26 Å². The van der Waals surface area contributed by atoms with Crippen molar-refractivity contribution in [3.05, 3.63) is 0 Å². The van der Waals surface area contributed by atoms with Crippen molar-refractivity contribution in [3.63, 3.8) is 0 Å². The van der Waals surface area contributed by atoms with Crippen LogP contribution < -0.4 is 5.32 Å². The lowest BCUT2D eigenvalue weighted by Gasteiger charge is -2.31. The number of aliphatic hydroxyl groups excluding tert-OH is 1. The van der Waals surface area contributed by atoms with Crippen LogP contribution in [0.5, 0.6) is 0 Å². The first-order chi connectivity index (χ1) is 7.81. The topological polar surface area (TPSA) is 56.0 Å². The molecule has 0 spiro atoms. The average molecular weight is 224 g/mol. The van der Waals surface area contributed by atoms with Gasteiger partial charge in [-0.25, -0.2) is 0 Å². The molecule has 92 valence electrons. The zero-order valence-corrected chi connectivity index (χ0v) is 10.3. The zero-order valence-electron chi connectivity index (χ0n) is 10.3. The minimum absolute atomic E-state index is 0.321. The summed E-state index contributed by atoms with van der Waals surface area (Å²) in [6.45, 7) is 3.40. The maximum atomic E-state index is 9.31. The molecule has 1 saturated carbocycles. The lowest BCUT2D eigenvalue weighted by Crippen LogP contribution is -2.37. The minimum atomic E-state index is 0.321. The van der Waals surface area contributed by atoms with Gasteiger partial charge < -0.3 is 10.4 Å². The first-order valence-corrected chi connectivity index (χ1v) is 6.53. The monoisotopic (exact) mass is 224 g/mol. The van der Waals surface area contributed by atoms with Crippen molar-refractivity contribution in [1.82, 2.24) is 5.32 Å². The van der Waals surface area contributed by atoms with E-state index in [0.29, 0.717) is 30.9 Å². The van der Waals surface area contributed by atoms with Crippen molar-refractivity contribution in [1.29, 1.82) is 5.26 Å². The van der Waals surface area contributed by atoms with E-state index in [1.165, 1.54) is 19.3 Å². The molecular weight excluding hydrogens is 200 g/mol. The van der Waals surface area contributed by atoms with Crippen LogP contribution in [0, 0.1) is 23.2 Å². The fourth-order valence-corrected chi connectivity index (χ4v) is 2.58. The smallest absolute Gasteiger partial charge is 0.0638 e. The van der Waals surface area contributed by atoms with Gasteiger partial charge in [0.15, 0.2) is 0 Å². The van der Waals surface area contributed by atoms with Gasteiger partial charge in [-0.1, -0.05) is 19.8 Å². The van der Waals surface area contributed by atoms with Crippen molar-refractivity contribution < 1.29 is 5.11 Å². The van der Waals surface area contributed by atoms with Crippen LogP contribution in [0.3, 0.4) is 0 Å². The molecule has 0 radical (unpaired) electrons. The Morgan fingerprint density at radius 1 is 1.38 bits per heavy atom. The van der Waals surface area contributed by atoms with E-state index in [1.54, 1.807) is 0 Å². The number of nitrogens with one attached hydrogen (secondary N) is 1. The largest absolute Gasteiger partial charge is 0.396 e. The highest BCUT2D eigenvalue weighted by Gasteiger charge is 2.24. The van der Waals surface area contributed by atoms with E-state index >= 15 is 0 Å². The minimum Gasteiger partial charge on any atom is -0.396 e. The number of rotatable bonds is 6. The Labute approximate surface area is 98.8 Å². The summed E-state index contributed by atoms with van der Waals surface area (Å²) >= 11 is 0. The second-order valence-electron chi connectivity index (χ2n) is 4.86. The molecule has 16 heavy (non-hydrogen) atoms. The first-order valence-electron chi connectivity index (χ1n) is 6.53. The van der Waals surface area contributed by atoms with Crippen LogP contribution in [0.15, 0.2) is 0 Å². The highest BCUT2D eigenvalue weighted by Crippen LogP contribution is 2.29. The quantitative estimate of drug-likeness (QED) is 0.726. The van der Waals surface area contributed by atoms with Crippen molar-refractivity contribution in [3.8, 4) is 6.07 Å². The SMILES string of the molecule is CCC(CC#N)NCC1CCCCC1CO. The Kier molecular flexibility index (Phi) is 6.44. The number of nitriles is 1. The van der Waals surface area contributed by atoms with Gasteiger partial charge in [0, 0.05) is 12.6 Å². The average Bonchev–Trinajstić information content (AvgIpc) is 2.34. The third-order valence-electron chi connectivity index (χ3n) is 3.80. The summed E-state index contributed by atoms with van der Waals surface area (Å²) in [5.74, 6) is 1.08. The Morgan fingerprint density at radius 2 is 2.06 bits per heavy atom. The van der Waals surface area contributed by atoms with E-state index < -0.39 is 0 Å². The van der Waals surface area contributed by atoms with Crippen LogP contribution in [0.4, 0.5) is 0 Å². The predicted octanol–water partition coefficient (Wildman–Crippen LogP) is 2.07. The second kappa shape index (κ2) is 7.65. The predicted molar refractivity (Wildman–Crippen MR) is 64.8 cm³/mol. The molecule has 1 fully saturated rings. The highest BCUT2D eigenvalue weighted by atomic mass is 16.3. The van der Waals surface area contributed by atoms with E-state index in [1.807, 2.05) is 0 Å². The van der Waals surface area contributed by atoms with E-state index in [0.717, 1.165) is 19.4 Å². The van der Waals surface area contributed by atoms with E-state index in [2.05, 4.69) is 18.3 Å². The summed E-state index contributed by atoms with van der Waals surface area (Å²) in [4.78, 5) is 0. The first kappa shape index (κ1) is 13.5. The Morgan fingerprint density at radius 3 is 2.62 bits per heavy atom. The summed E-state index contributed by atoms with van der Waals surface area (Å²) in [5, 5.41) is 21.5. The third-order valence-corrected chi connectivity index (χ3v) is 3.80. The standard InChI is InChI=1S/C13H24N2O/c1-2-13(7-8-14)15-9-11-5-3-4-6-12(11)10-16/h11-13,15-16H,2-7,9-10H2,1H3. The van der Waals surface area contributed by atoms with Crippen LogP contribution >= 0.6 is 0 Å². The molecular formula is C13H24N2O. The number of hydrogen-bond donors (Lipinski definition) is 2. The van der Waals surface area contributed by atoms with Crippen LogP contribution in [0.1, 0.15) is 45.4 Å². The van der Waals surface area contributed by atoms with Gasteiger partial charge in [-0.2, -0.15) is 5.26 Å². The van der Waals surface area contributed by atoms with Crippen LogP contribution in [-0.4, -0.2) is 24.3 Å². The van der Waals surface area contributed by atoms with Crippen molar-refractivity contribution in [2.24, 2.45) is 11.8 Å². The normalized spacial score (nSPS) is 27.3. The molecule has 0 saturated heterocycles. The second-order valence-corrected chi connectivity index (χ2v) is 4.86. The summed E-state index contributed by atoms with van der Waals surface area (Å²) in [6.07, 6.45) is 6.53. The molecule has 3 heteroatoms. The summed E-state index contributed by atoms with van der Waals surface area (Å²) < 4.78 is 0. The van der Waals surface area contributed by atoms with Crippen LogP contribution in [0.25, 0.3) is 0 Å². The molecule has 1 aliphatic rings. The summed E-state index contributed by atoms with van der Waals surface area (Å²) in [7, 11) is 0. The van der Waals surface area contributed by atoms with E-state index in [-0.39, 0.29) is 0 Å². The highest BCUT2D eigenvalue weighted by molar-refractivity contribution is 4.82. The number of hydrogen-bond acceptors (Lipinski definition) is 3. The zero-order chi connectivity index (χ0) is 11.8. The van der Waals surface area contributed by atoms with Crippen LogP contribution in [0.2, 0.25) is 0 Å². The molecule has 3 nitrogen and oxygen atoms in total. The van der Waals surface area contributed by atoms with Gasteiger partial charge in [0.05, 0.1) is 12.5 Å². The maximum absolute atomic E-state index is 9.31. The number of aliphatic hydroxyl groups is 1. The lowest BCUT2D eigenvalue weighted by atomic mass is 9.79. The molecule has 0 heterocycles. The van der Waals surface area contributed by atoms with Crippen molar-refractivity contribution in [2.75, 3.05) is 13.2 Å². The van der Waals surface area contributed by atoms with Crippen molar-refractivity contribution in [2.45, 2.75) is 51.5 Å². The van der Waals surface area contributed by atoms with Gasteiger partial charge >= 0.3 is 0 Å². The molecule has 1 rings (SSSR count). The van der Waals surface area contributed by atoms with E-state index in [9.17, 15) is 5.11 Å². The molecule has 3 atom stereocenters. The molecule has 2 N–H and O–H groups in total. The van der Waals surface area contributed by atoms with Gasteiger partial charge in [-0.05, 0) is 37.6 Å². The summed E-state index contributed by atoms with van der Waals surface area (Å²) in [5.41, 5.74) is 0. The fraction of sp³-hybridized carbons (Fsp3) is 0.923. The Hall–Kier alpha value is -0.590. The maximum Gasteiger partial charge on any atom is 0.0638 e. The Balaban J connectivity index is 2.31. The Bertz CT molecular complexity index is 224. The van der Waals surface area contributed by atoms with Gasteiger partial charge in [0.25, 0.3) is 0 Å². The molecule has 0 aromatic heterocycles. The van der Waals surface area contributed by atoms with Crippen LogP contribution in [-0.2, 0) is 0 Å². The third kappa shape index (κ3) is 4.11. The molecule has 0 aromatic carbocycles. The molecule has 0 bridgehead atoms. The fourth-order valence-electron chi connectivity index (χ4n) is 2.58. The lowest BCUT2D eigenvalue weighted by molar-refractivity contribution is 0.131. The molecule has 0 aliphatic heterocycles. The molecule has 0 amide bonds. The summed E-state index contributed by atoms with van der Waals surface area (Å²) in [6, 6.07) is 2.55. The molecule has 1 aliphatic carbocycles. The number of nitrogens with zero attached hydrogens (tertiary/aromatic N) is 1. The van der Waals surface area contributed by atoms with Gasteiger partial charge in [0.1, 0.15) is 0 Å². The molecule has 3 unspecified atom stereocenters.